The van der Waals surface area contributed by atoms with Crippen LogP contribution in [0.4, 0.5) is 0 Å². The van der Waals surface area contributed by atoms with E-state index in [9.17, 15) is 0 Å². The lowest BCUT2D eigenvalue weighted by atomic mass is 9.90. The van der Waals surface area contributed by atoms with Crippen molar-refractivity contribution in [2.45, 2.75) is 0 Å². The zero-order valence-electron chi connectivity index (χ0n) is 29.5. The molecule has 0 saturated carbocycles. The number of hydrogen-bond acceptors (Lipinski definition) is 2. The Morgan fingerprint density at radius 1 is 0.382 bits per heavy atom. The molecule has 254 valence electrons. The zero-order valence-corrected chi connectivity index (χ0v) is 30.3. The van der Waals surface area contributed by atoms with Crippen LogP contribution >= 0.6 is 11.3 Å². The summed E-state index contributed by atoms with van der Waals surface area (Å²) in [5.41, 5.74) is 7.97. The van der Waals surface area contributed by atoms with E-state index >= 15 is 0 Å². The van der Waals surface area contributed by atoms with Crippen LogP contribution in [-0.4, -0.2) is 4.57 Å². The highest BCUT2D eigenvalue weighted by molar-refractivity contribution is 7.26. The first-order valence-electron chi connectivity index (χ1n) is 18.8. The monoisotopic (exact) mass is 715 g/mol. The first kappa shape index (κ1) is 29.5. The second-order valence-electron chi connectivity index (χ2n) is 14.8. The van der Waals surface area contributed by atoms with Gasteiger partial charge in [0, 0.05) is 42.4 Å². The topological polar surface area (TPSA) is 18.1 Å². The Bertz CT molecular complexity index is 3760. The minimum Gasteiger partial charge on any atom is -0.455 e. The predicted octanol–water partition coefficient (Wildman–Crippen LogP) is 15.3. The molecule has 3 heterocycles. The number of nitrogens with zero attached hydrogens (tertiary/aromatic N) is 1. The van der Waals surface area contributed by atoms with E-state index in [1.54, 1.807) is 0 Å². The van der Waals surface area contributed by atoms with Gasteiger partial charge >= 0.3 is 0 Å². The minimum absolute atomic E-state index is 0.929. The van der Waals surface area contributed by atoms with Crippen LogP contribution in [0.25, 0.3) is 124 Å². The Hall–Kier alpha value is -6.94. The fourth-order valence-electron chi connectivity index (χ4n) is 9.54. The number of benzene rings is 10. The minimum atomic E-state index is 0.929. The summed E-state index contributed by atoms with van der Waals surface area (Å²) in [6.07, 6.45) is 0. The van der Waals surface area contributed by atoms with E-state index in [1.165, 1.54) is 107 Å². The van der Waals surface area contributed by atoms with Gasteiger partial charge in [0.2, 0.25) is 0 Å². The molecule has 0 aliphatic rings. The van der Waals surface area contributed by atoms with Crippen LogP contribution in [-0.2, 0) is 0 Å². The Labute approximate surface area is 318 Å². The maximum absolute atomic E-state index is 6.77. The second kappa shape index (κ2) is 10.8. The van der Waals surface area contributed by atoms with Crippen molar-refractivity contribution in [3.63, 3.8) is 0 Å². The molecular weight excluding hydrogens is 687 g/mol. The van der Waals surface area contributed by atoms with Crippen LogP contribution in [0, 0.1) is 0 Å². The Morgan fingerprint density at radius 3 is 1.93 bits per heavy atom. The Balaban J connectivity index is 1.04. The van der Waals surface area contributed by atoms with Gasteiger partial charge in [-0.25, -0.2) is 0 Å². The van der Waals surface area contributed by atoms with Gasteiger partial charge < -0.3 is 8.98 Å². The molecule has 0 fully saturated rings. The third-order valence-electron chi connectivity index (χ3n) is 12.0. The molecule has 0 amide bonds. The smallest absolute Gasteiger partial charge is 0.143 e. The van der Waals surface area contributed by atoms with E-state index in [4.69, 9.17) is 4.42 Å². The van der Waals surface area contributed by atoms with E-state index in [-0.39, 0.29) is 0 Å². The van der Waals surface area contributed by atoms with E-state index < -0.39 is 0 Å². The number of furan rings is 1. The third kappa shape index (κ3) is 3.97. The van der Waals surface area contributed by atoms with Crippen LogP contribution in [0.15, 0.2) is 180 Å². The lowest BCUT2D eigenvalue weighted by Crippen LogP contribution is -1.93. The molecule has 0 atom stereocenters. The summed E-state index contributed by atoms with van der Waals surface area (Å²) >= 11 is 1.88. The highest BCUT2D eigenvalue weighted by Gasteiger charge is 2.20. The molecular formula is C52H29NOS. The number of para-hydroxylation sites is 1. The summed E-state index contributed by atoms with van der Waals surface area (Å²) in [4.78, 5) is 0. The van der Waals surface area contributed by atoms with Gasteiger partial charge in [-0.3, -0.25) is 0 Å². The Kier molecular flexibility index (Phi) is 5.80. The Morgan fingerprint density at radius 2 is 1.02 bits per heavy atom. The van der Waals surface area contributed by atoms with Crippen LogP contribution in [0.3, 0.4) is 0 Å². The summed E-state index contributed by atoms with van der Waals surface area (Å²) < 4.78 is 11.9. The van der Waals surface area contributed by atoms with Gasteiger partial charge in [0.05, 0.1) is 21.4 Å². The molecule has 0 radical (unpaired) electrons. The van der Waals surface area contributed by atoms with Gasteiger partial charge in [0.1, 0.15) is 11.2 Å². The van der Waals surface area contributed by atoms with E-state index in [1.807, 2.05) is 11.3 Å². The molecule has 0 unspecified atom stereocenters. The molecule has 10 aromatic carbocycles. The van der Waals surface area contributed by atoms with E-state index in [0.29, 0.717) is 0 Å². The van der Waals surface area contributed by atoms with Crippen molar-refractivity contribution < 1.29 is 4.42 Å². The van der Waals surface area contributed by atoms with Crippen LogP contribution in [0.5, 0.6) is 0 Å². The molecule has 0 aliphatic carbocycles. The molecule has 3 aromatic heterocycles. The van der Waals surface area contributed by atoms with Crippen LogP contribution < -0.4 is 0 Å². The largest absolute Gasteiger partial charge is 0.455 e. The lowest BCUT2D eigenvalue weighted by molar-refractivity contribution is 0.673. The molecule has 0 aliphatic heterocycles. The number of hydrogen-bond donors (Lipinski definition) is 0. The van der Waals surface area contributed by atoms with Gasteiger partial charge in [-0.2, -0.15) is 0 Å². The SMILES string of the molecule is c1ccc2c(c1)ccc1oc3c(ccc4c5ccc(-c6ccc7c(c6)c6ccccc6n7-c6cccc7c6sc6ccccc67)cc5c5ccccc5c43)c12. The fraction of sp³-hybridized carbons (Fsp3) is 0. The first-order valence-corrected chi connectivity index (χ1v) is 19.7. The molecule has 13 rings (SSSR count). The number of aromatic nitrogens is 1. The average Bonchev–Trinajstić information content (AvgIpc) is 3.93. The number of thiophene rings is 1. The quantitative estimate of drug-likeness (QED) is 0.163. The fourth-order valence-corrected chi connectivity index (χ4v) is 10.7. The van der Waals surface area contributed by atoms with Crippen molar-refractivity contribution in [1.82, 2.24) is 4.57 Å². The third-order valence-corrected chi connectivity index (χ3v) is 13.2. The van der Waals surface area contributed by atoms with E-state index in [2.05, 4.69) is 180 Å². The van der Waals surface area contributed by atoms with Gasteiger partial charge in [-0.15, -0.1) is 11.3 Å². The highest BCUT2D eigenvalue weighted by atomic mass is 32.1. The van der Waals surface area contributed by atoms with E-state index in [0.717, 1.165) is 16.6 Å². The number of fused-ring (bicyclic) bond motifs is 18. The molecule has 0 spiro atoms. The average molecular weight is 716 g/mol. The second-order valence-corrected chi connectivity index (χ2v) is 15.8. The van der Waals surface area contributed by atoms with Crippen molar-refractivity contribution in [1.29, 1.82) is 0 Å². The predicted molar refractivity (Wildman–Crippen MR) is 236 cm³/mol. The van der Waals surface area contributed by atoms with Crippen molar-refractivity contribution in [2.75, 3.05) is 0 Å². The molecule has 0 saturated heterocycles. The number of rotatable bonds is 2. The highest BCUT2D eigenvalue weighted by Crippen LogP contribution is 2.45. The van der Waals surface area contributed by atoms with Crippen LogP contribution in [0.1, 0.15) is 0 Å². The summed E-state index contributed by atoms with van der Waals surface area (Å²) in [6.45, 7) is 0. The van der Waals surface area contributed by atoms with Gasteiger partial charge in [-0.1, -0.05) is 127 Å². The van der Waals surface area contributed by atoms with Gasteiger partial charge in [-0.05, 0) is 97.4 Å². The van der Waals surface area contributed by atoms with Crippen molar-refractivity contribution in [3.8, 4) is 16.8 Å². The zero-order chi connectivity index (χ0) is 35.8. The summed E-state index contributed by atoms with van der Waals surface area (Å²) in [6, 6.07) is 64.7. The van der Waals surface area contributed by atoms with Crippen LogP contribution in [0.2, 0.25) is 0 Å². The molecule has 55 heavy (non-hydrogen) atoms. The molecule has 3 heteroatoms. The maximum atomic E-state index is 6.77. The van der Waals surface area contributed by atoms with Crippen molar-refractivity contribution >= 4 is 118 Å². The summed E-state index contributed by atoms with van der Waals surface area (Å²) in [5.74, 6) is 0. The molecule has 2 nitrogen and oxygen atoms in total. The van der Waals surface area contributed by atoms with Gasteiger partial charge in [0.25, 0.3) is 0 Å². The maximum Gasteiger partial charge on any atom is 0.143 e. The standard InChI is InChI=1S/C52H29NOS/c1-2-11-33-30(10-1)22-27-47-49(33)41-25-24-39-35-23-20-31(28-42(35)34-12-3-4-15-38(34)50(39)51(41)54-47)32-21-26-45-43(29-32)36-13-5-7-17-44(36)53(45)46-18-9-16-40-37-14-6-8-19-48(37)55-52(40)46/h1-29H. The molecule has 13 aromatic rings. The summed E-state index contributed by atoms with van der Waals surface area (Å²) in [5, 5.41) is 17.3. The first-order chi connectivity index (χ1) is 27.3. The normalized spacial score (nSPS) is 12.4. The van der Waals surface area contributed by atoms with Gasteiger partial charge in [0.15, 0.2) is 0 Å². The van der Waals surface area contributed by atoms with Crippen molar-refractivity contribution in [3.05, 3.63) is 176 Å². The lowest BCUT2D eigenvalue weighted by Gasteiger charge is -2.13. The van der Waals surface area contributed by atoms with Crippen molar-refractivity contribution in [2.24, 2.45) is 0 Å². The molecule has 0 bridgehead atoms. The summed E-state index contributed by atoms with van der Waals surface area (Å²) in [7, 11) is 0. The molecule has 0 N–H and O–H groups in total.